The number of carbonyl (C=O) groups is 2. The lowest BCUT2D eigenvalue weighted by Crippen LogP contribution is -2.20. The van der Waals surface area contributed by atoms with E-state index in [9.17, 15) is 9.59 Å². The first-order chi connectivity index (χ1) is 14.5. The predicted molar refractivity (Wildman–Crippen MR) is 118 cm³/mol. The summed E-state index contributed by atoms with van der Waals surface area (Å²) >= 11 is 1.18. The first-order valence-corrected chi connectivity index (χ1v) is 10.3. The van der Waals surface area contributed by atoms with Crippen molar-refractivity contribution < 1.29 is 9.59 Å². The third kappa shape index (κ3) is 4.21. The smallest absolute Gasteiger partial charge is 0.247 e. The highest BCUT2D eigenvalue weighted by Gasteiger charge is 2.21. The largest absolute Gasteiger partial charge is 0.300 e. The normalized spacial score (nSPS) is 10.7. The molecule has 0 radical (unpaired) electrons. The summed E-state index contributed by atoms with van der Waals surface area (Å²) in [6, 6.07) is 20.5. The van der Waals surface area contributed by atoms with Crippen LogP contribution in [0.4, 0.5) is 5.13 Å². The van der Waals surface area contributed by atoms with Gasteiger partial charge < -0.3 is 5.32 Å². The van der Waals surface area contributed by atoms with E-state index in [1.165, 1.54) is 11.3 Å². The van der Waals surface area contributed by atoms with Gasteiger partial charge in [-0.05, 0) is 19.9 Å². The van der Waals surface area contributed by atoms with E-state index in [0.717, 1.165) is 17.0 Å². The number of rotatable bonds is 6. The molecular formula is C23H20N4O2S. The Bertz CT molecular complexity index is 1200. The fraction of sp³-hybridized carbons (Fsp3) is 0.130. The highest BCUT2D eigenvalue weighted by molar-refractivity contribution is 7.18. The molecule has 1 N–H and O–H groups in total. The lowest BCUT2D eigenvalue weighted by Gasteiger charge is -2.04. The standard InChI is InChI=1S/C23H20N4O2S/c1-15-13-16(2)27(26-15)14-19(28)24-23-25-20(17-9-5-3-6-10-17)22(30-23)21(29)18-11-7-4-8-12-18/h3-13H,14H2,1-2H3,(H,24,25,28). The van der Waals surface area contributed by atoms with Crippen LogP contribution in [0, 0.1) is 13.8 Å². The number of thiazole rings is 1. The van der Waals surface area contributed by atoms with Crippen molar-refractivity contribution >= 4 is 28.2 Å². The summed E-state index contributed by atoms with van der Waals surface area (Å²) in [7, 11) is 0. The molecule has 2 heterocycles. The number of hydrogen-bond donors (Lipinski definition) is 1. The van der Waals surface area contributed by atoms with Gasteiger partial charge in [0, 0.05) is 16.8 Å². The Kier molecular flexibility index (Phi) is 5.54. The Morgan fingerprint density at radius 1 is 1.00 bits per heavy atom. The summed E-state index contributed by atoms with van der Waals surface area (Å²) < 4.78 is 1.65. The second-order valence-electron chi connectivity index (χ2n) is 6.89. The van der Waals surface area contributed by atoms with Crippen molar-refractivity contribution in [2.75, 3.05) is 5.32 Å². The Hall–Kier alpha value is -3.58. The first kappa shape index (κ1) is 19.7. The van der Waals surface area contributed by atoms with Crippen LogP contribution in [0.5, 0.6) is 0 Å². The highest BCUT2D eigenvalue weighted by atomic mass is 32.1. The van der Waals surface area contributed by atoms with Crippen molar-refractivity contribution in [3.05, 3.63) is 88.6 Å². The van der Waals surface area contributed by atoms with E-state index in [2.05, 4.69) is 15.4 Å². The lowest BCUT2D eigenvalue weighted by atomic mass is 10.1. The Labute approximate surface area is 178 Å². The average Bonchev–Trinajstić information content (AvgIpc) is 3.31. The molecule has 2 aromatic heterocycles. The lowest BCUT2D eigenvalue weighted by molar-refractivity contribution is -0.116. The van der Waals surface area contributed by atoms with Gasteiger partial charge in [-0.1, -0.05) is 72.0 Å². The van der Waals surface area contributed by atoms with Gasteiger partial charge >= 0.3 is 0 Å². The maximum absolute atomic E-state index is 13.1. The Morgan fingerprint density at radius 3 is 2.30 bits per heavy atom. The summed E-state index contributed by atoms with van der Waals surface area (Å²) in [5.41, 5.74) is 3.74. The number of aromatic nitrogens is 3. The zero-order valence-electron chi connectivity index (χ0n) is 16.6. The molecule has 0 bridgehead atoms. The molecule has 0 atom stereocenters. The topological polar surface area (TPSA) is 76.9 Å². The second-order valence-corrected chi connectivity index (χ2v) is 7.89. The molecule has 0 saturated heterocycles. The second kappa shape index (κ2) is 8.42. The molecule has 0 aliphatic heterocycles. The molecule has 6 nitrogen and oxygen atoms in total. The van der Waals surface area contributed by atoms with Crippen molar-refractivity contribution in [1.82, 2.24) is 14.8 Å². The van der Waals surface area contributed by atoms with E-state index >= 15 is 0 Å². The summed E-state index contributed by atoms with van der Waals surface area (Å²) in [5, 5.41) is 7.52. The van der Waals surface area contributed by atoms with Crippen LogP contribution in [0.15, 0.2) is 66.7 Å². The number of carbonyl (C=O) groups excluding carboxylic acids is 2. The van der Waals surface area contributed by atoms with Gasteiger partial charge in [-0.25, -0.2) is 4.98 Å². The van der Waals surface area contributed by atoms with Crippen molar-refractivity contribution in [2.24, 2.45) is 0 Å². The summed E-state index contributed by atoms with van der Waals surface area (Å²) in [4.78, 5) is 30.7. The molecule has 2 aromatic carbocycles. The number of nitrogens with zero attached hydrogens (tertiary/aromatic N) is 3. The summed E-state index contributed by atoms with van der Waals surface area (Å²) in [6.45, 7) is 3.87. The van der Waals surface area contributed by atoms with Crippen LogP contribution < -0.4 is 5.32 Å². The van der Waals surface area contributed by atoms with Crippen molar-refractivity contribution in [1.29, 1.82) is 0 Å². The minimum Gasteiger partial charge on any atom is -0.300 e. The quantitative estimate of drug-likeness (QED) is 0.470. The van der Waals surface area contributed by atoms with Crippen LogP contribution in [-0.4, -0.2) is 26.5 Å². The number of hydrogen-bond acceptors (Lipinski definition) is 5. The summed E-state index contributed by atoms with van der Waals surface area (Å²) in [5.74, 6) is -0.362. The number of aryl methyl sites for hydroxylation is 2. The van der Waals surface area contributed by atoms with Crippen LogP contribution in [0.2, 0.25) is 0 Å². The maximum Gasteiger partial charge on any atom is 0.247 e. The van der Waals surface area contributed by atoms with Gasteiger partial charge in [-0.15, -0.1) is 0 Å². The minimum atomic E-state index is -0.242. The number of ketones is 1. The molecule has 0 spiro atoms. The third-order valence-electron chi connectivity index (χ3n) is 4.56. The molecule has 0 aliphatic carbocycles. The third-order valence-corrected chi connectivity index (χ3v) is 5.53. The van der Waals surface area contributed by atoms with Gasteiger partial charge in [-0.3, -0.25) is 14.3 Å². The molecule has 30 heavy (non-hydrogen) atoms. The minimum absolute atomic E-state index is 0.0852. The predicted octanol–water partition coefficient (Wildman–Crippen LogP) is 4.49. The van der Waals surface area contributed by atoms with Gasteiger partial charge in [-0.2, -0.15) is 5.10 Å². The zero-order valence-corrected chi connectivity index (χ0v) is 17.4. The number of anilines is 1. The van der Waals surface area contributed by atoms with Crippen LogP contribution in [0.3, 0.4) is 0 Å². The number of amides is 1. The van der Waals surface area contributed by atoms with Gasteiger partial charge in [0.1, 0.15) is 11.4 Å². The van der Waals surface area contributed by atoms with Crippen LogP contribution >= 0.6 is 11.3 Å². The fourth-order valence-corrected chi connectivity index (χ4v) is 4.14. The molecule has 7 heteroatoms. The first-order valence-electron chi connectivity index (χ1n) is 9.48. The zero-order chi connectivity index (χ0) is 21.1. The molecule has 0 saturated carbocycles. The molecule has 0 unspecified atom stereocenters. The summed E-state index contributed by atoms with van der Waals surface area (Å²) in [6.07, 6.45) is 0. The molecular weight excluding hydrogens is 396 g/mol. The van der Waals surface area contributed by atoms with E-state index in [1.54, 1.807) is 16.8 Å². The van der Waals surface area contributed by atoms with Crippen molar-refractivity contribution in [3.63, 3.8) is 0 Å². The molecule has 4 aromatic rings. The number of benzene rings is 2. The van der Waals surface area contributed by atoms with Crippen LogP contribution in [-0.2, 0) is 11.3 Å². The van der Waals surface area contributed by atoms with Crippen molar-refractivity contribution in [2.45, 2.75) is 20.4 Å². The molecule has 4 rings (SSSR count). The molecule has 0 fully saturated rings. The molecule has 1 amide bonds. The monoisotopic (exact) mass is 416 g/mol. The van der Waals surface area contributed by atoms with Crippen LogP contribution in [0.25, 0.3) is 11.3 Å². The van der Waals surface area contributed by atoms with E-state index in [1.807, 2.05) is 68.4 Å². The molecule has 0 aliphatic rings. The average molecular weight is 417 g/mol. The Balaban J connectivity index is 1.64. The highest BCUT2D eigenvalue weighted by Crippen LogP contribution is 2.33. The van der Waals surface area contributed by atoms with E-state index in [0.29, 0.717) is 21.3 Å². The van der Waals surface area contributed by atoms with Crippen LogP contribution in [0.1, 0.15) is 26.6 Å². The van der Waals surface area contributed by atoms with Gasteiger partial charge in [0.15, 0.2) is 5.13 Å². The SMILES string of the molecule is Cc1cc(C)n(CC(=O)Nc2nc(-c3ccccc3)c(C(=O)c3ccccc3)s2)n1. The molecule has 150 valence electrons. The maximum atomic E-state index is 13.1. The van der Waals surface area contributed by atoms with E-state index in [-0.39, 0.29) is 18.2 Å². The van der Waals surface area contributed by atoms with Gasteiger partial charge in [0.05, 0.1) is 11.4 Å². The number of nitrogens with one attached hydrogen (secondary N) is 1. The Morgan fingerprint density at radius 2 is 1.67 bits per heavy atom. The van der Waals surface area contributed by atoms with Gasteiger partial charge in [0.2, 0.25) is 11.7 Å². The van der Waals surface area contributed by atoms with E-state index in [4.69, 9.17) is 0 Å². The van der Waals surface area contributed by atoms with E-state index < -0.39 is 0 Å². The van der Waals surface area contributed by atoms with Crippen molar-refractivity contribution in [3.8, 4) is 11.3 Å². The fourth-order valence-electron chi connectivity index (χ4n) is 3.17. The van der Waals surface area contributed by atoms with Gasteiger partial charge in [0.25, 0.3) is 0 Å².